The highest BCUT2D eigenvalue weighted by Gasteiger charge is 2.27. The molecule has 5 nitrogen and oxygen atoms in total. The van der Waals surface area contributed by atoms with Gasteiger partial charge in [-0.05, 0) is 12.1 Å². The molecule has 0 amide bonds. The number of fused-ring (bicyclic) bond motifs is 1. The van der Waals surface area contributed by atoms with Crippen LogP contribution >= 0.6 is 0 Å². The summed E-state index contributed by atoms with van der Waals surface area (Å²) in [4.78, 5) is 16.2. The van der Waals surface area contributed by atoms with Crippen LogP contribution in [0, 0.1) is 0 Å². The van der Waals surface area contributed by atoms with Gasteiger partial charge in [0, 0.05) is 0 Å². The van der Waals surface area contributed by atoms with E-state index < -0.39 is 0 Å². The summed E-state index contributed by atoms with van der Waals surface area (Å²) in [5.41, 5.74) is 0. The number of aliphatic imine (C=N–C) groups is 4. The second-order valence-corrected chi connectivity index (χ2v) is 3.28. The van der Waals surface area contributed by atoms with Gasteiger partial charge in [0.1, 0.15) is 18.4 Å². The summed E-state index contributed by atoms with van der Waals surface area (Å²) in [6, 6.07) is 9.18. The number of amidine groups is 1. The minimum atomic E-state index is -0.287. The Balaban J connectivity index is 1.86. The molecule has 2 aliphatic rings. The molecule has 0 spiro atoms. The first-order valence-electron chi connectivity index (χ1n) is 4.86. The van der Waals surface area contributed by atoms with Crippen molar-refractivity contribution in [2.24, 2.45) is 20.0 Å². The topological polar surface area (TPSA) is 58.7 Å². The van der Waals surface area contributed by atoms with Gasteiger partial charge in [0.15, 0.2) is 11.9 Å². The van der Waals surface area contributed by atoms with Crippen molar-refractivity contribution >= 4 is 24.4 Å². The fourth-order valence-electron chi connectivity index (χ4n) is 1.48. The molecule has 1 atom stereocenters. The zero-order valence-corrected chi connectivity index (χ0v) is 8.32. The smallest absolute Gasteiger partial charge is 0.228 e. The van der Waals surface area contributed by atoms with E-state index in [4.69, 9.17) is 4.74 Å². The maximum Gasteiger partial charge on any atom is 0.228 e. The van der Waals surface area contributed by atoms with Gasteiger partial charge in [-0.1, -0.05) is 18.2 Å². The number of ether oxygens (including phenoxy) is 1. The molecule has 0 aliphatic carbocycles. The first-order chi connectivity index (χ1) is 7.93. The highest BCUT2D eigenvalue weighted by Crippen LogP contribution is 2.15. The van der Waals surface area contributed by atoms with Crippen LogP contribution in [-0.2, 0) is 0 Å². The van der Waals surface area contributed by atoms with Gasteiger partial charge in [0.25, 0.3) is 0 Å². The van der Waals surface area contributed by atoms with Gasteiger partial charge >= 0.3 is 0 Å². The Kier molecular flexibility index (Phi) is 2.07. The maximum atomic E-state index is 5.63. The Bertz CT molecular complexity index is 516. The predicted molar refractivity (Wildman–Crippen MR) is 62.7 cm³/mol. The van der Waals surface area contributed by atoms with Gasteiger partial charge < -0.3 is 4.74 Å². The highest BCUT2D eigenvalue weighted by atomic mass is 16.5. The van der Waals surface area contributed by atoms with Crippen LogP contribution in [0.1, 0.15) is 0 Å². The quantitative estimate of drug-likeness (QED) is 0.692. The molecule has 0 N–H and O–H groups in total. The summed E-state index contributed by atoms with van der Waals surface area (Å²) in [7, 11) is 0. The number of hydrogen-bond acceptors (Lipinski definition) is 5. The third kappa shape index (κ3) is 1.52. The van der Waals surface area contributed by atoms with E-state index in [9.17, 15) is 0 Å². The number of benzene rings is 1. The number of nitrogens with zero attached hydrogens (tertiary/aromatic N) is 4. The van der Waals surface area contributed by atoms with Gasteiger partial charge in [-0.25, -0.2) is 15.0 Å². The minimum absolute atomic E-state index is 0.287. The zero-order chi connectivity index (χ0) is 10.8. The van der Waals surface area contributed by atoms with Crippen molar-refractivity contribution in [3.05, 3.63) is 30.3 Å². The summed E-state index contributed by atoms with van der Waals surface area (Å²) in [5, 5.41) is 0. The van der Waals surface area contributed by atoms with Crippen LogP contribution in [0.25, 0.3) is 0 Å². The Labute approximate surface area is 91.9 Å². The van der Waals surface area contributed by atoms with Gasteiger partial charge in [-0.3, -0.25) is 4.99 Å². The zero-order valence-electron chi connectivity index (χ0n) is 8.32. The van der Waals surface area contributed by atoms with E-state index in [1.54, 1.807) is 0 Å². The Morgan fingerprint density at radius 1 is 1.00 bits per heavy atom. The van der Waals surface area contributed by atoms with E-state index in [2.05, 4.69) is 20.0 Å². The average Bonchev–Trinajstić information content (AvgIpc) is 2.80. The molecule has 1 unspecified atom stereocenters. The molecular formula is C11H8N4O. The maximum absolute atomic E-state index is 5.63. The van der Waals surface area contributed by atoms with Crippen molar-refractivity contribution in [1.82, 2.24) is 0 Å². The lowest BCUT2D eigenvalue weighted by Gasteiger charge is -2.14. The normalized spacial score (nSPS) is 21.4. The van der Waals surface area contributed by atoms with E-state index >= 15 is 0 Å². The highest BCUT2D eigenvalue weighted by molar-refractivity contribution is 6.18. The van der Waals surface area contributed by atoms with Crippen LogP contribution in [0.5, 0.6) is 5.75 Å². The second kappa shape index (κ2) is 3.69. The fourth-order valence-corrected chi connectivity index (χ4v) is 1.48. The van der Waals surface area contributed by atoms with Crippen molar-refractivity contribution in [3.63, 3.8) is 0 Å². The largest absolute Gasteiger partial charge is 0.440 e. The van der Waals surface area contributed by atoms with E-state index in [-0.39, 0.29) is 6.04 Å². The Hall–Kier alpha value is -2.30. The lowest BCUT2D eigenvalue weighted by atomic mass is 10.2. The van der Waals surface area contributed by atoms with Gasteiger partial charge in [-0.15, -0.1) is 0 Å². The van der Waals surface area contributed by atoms with Crippen LogP contribution in [-0.4, -0.2) is 30.5 Å². The van der Waals surface area contributed by atoms with E-state index in [0.29, 0.717) is 11.7 Å². The molecule has 1 aromatic rings. The molecule has 1 aromatic carbocycles. The molecule has 2 heterocycles. The molecule has 0 fully saturated rings. The molecule has 0 bridgehead atoms. The van der Waals surface area contributed by atoms with E-state index in [1.807, 2.05) is 30.3 Å². The summed E-state index contributed by atoms with van der Waals surface area (Å²) in [6.07, 6.45) is 2.91. The van der Waals surface area contributed by atoms with Crippen LogP contribution in [0.2, 0.25) is 0 Å². The van der Waals surface area contributed by atoms with Gasteiger partial charge in [0.05, 0.1) is 0 Å². The summed E-state index contributed by atoms with van der Waals surface area (Å²) in [5.74, 6) is 1.87. The lowest BCUT2D eigenvalue weighted by Crippen LogP contribution is -2.32. The lowest BCUT2D eigenvalue weighted by molar-refractivity contribution is 0.533. The first-order valence-corrected chi connectivity index (χ1v) is 4.86. The van der Waals surface area contributed by atoms with Crippen molar-refractivity contribution < 1.29 is 4.74 Å². The van der Waals surface area contributed by atoms with Crippen LogP contribution in [0.4, 0.5) is 0 Å². The van der Waals surface area contributed by atoms with Gasteiger partial charge in [-0.2, -0.15) is 0 Å². The average molecular weight is 212 g/mol. The minimum Gasteiger partial charge on any atom is -0.440 e. The molecule has 0 saturated carbocycles. The molecule has 0 saturated heterocycles. The Morgan fingerprint density at radius 3 is 2.75 bits per heavy atom. The van der Waals surface area contributed by atoms with Crippen LogP contribution in [0.3, 0.4) is 0 Å². The van der Waals surface area contributed by atoms with E-state index in [1.165, 1.54) is 12.7 Å². The van der Waals surface area contributed by atoms with Crippen molar-refractivity contribution in [1.29, 1.82) is 0 Å². The number of para-hydroxylation sites is 1. The van der Waals surface area contributed by atoms with Crippen LogP contribution in [0.15, 0.2) is 50.3 Å². The molecule has 0 radical (unpaired) electrons. The SMILES string of the molecule is C1=NC2=NC=NC2C(Oc2ccccc2)=N1. The summed E-state index contributed by atoms with van der Waals surface area (Å²) >= 11 is 0. The molecule has 3 rings (SSSR count). The molecule has 78 valence electrons. The number of hydrogen-bond donors (Lipinski definition) is 0. The molecular weight excluding hydrogens is 204 g/mol. The van der Waals surface area contributed by atoms with Crippen molar-refractivity contribution in [3.8, 4) is 5.75 Å². The molecule has 5 heteroatoms. The van der Waals surface area contributed by atoms with Crippen molar-refractivity contribution in [2.45, 2.75) is 6.04 Å². The van der Waals surface area contributed by atoms with Crippen molar-refractivity contribution in [2.75, 3.05) is 0 Å². The van der Waals surface area contributed by atoms with Gasteiger partial charge in [0.2, 0.25) is 5.90 Å². The predicted octanol–water partition coefficient (Wildman–Crippen LogP) is 1.31. The fraction of sp³-hybridized carbons (Fsp3) is 0.0909. The third-order valence-electron chi connectivity index (χ3n) is 2.22. The monoisotopic (exact) mass is 212 g/mol. The molecule has 0 aromatic heterocycles. The van der Waals surface area contributed by atoms with E-state index in [0.717, 1.165) is 5.75 Å². The molecule has 16 heavy (non-hydrogen) atoms. The van der Waals surface area contributed by atoms with Crippen LogP contribution < -0.4 is 4.74 Å². The Morgan fingerprint density at radius 2 is 1.88 bits per heavy atom. The summed E-state index contributed by atoms with van der Waals surface area (Å²) in [6.45, 7) is 0. The second-order valence-electron chi connectivity index (χ2n) is 3.28. The standard InChI is InChI=1S/C11H8N4O/c1-2-4-8(5-3-1)16-11-9-10(13-6-12-9)14-7-15-11/h1-7,9H. The summed E-state index contributed by atoms with van der Waals surface area (Å²) < 4.78 is 5.63. The molecule has 2 aliphatic heterocycles. The number of rotatable bonds is 1. The first kappa shape index (κ1) is 8.96. The third-order valence-corrected chi connectivity index (χ3v) is 2.22.